The molecule has 0 radical (unpaired) electrons. The van der Waals surface area contributed by atoms with Crippen LogP contribution in [0.5, 0.6) is 11.5 Å². The smallest absolute Gasteiger partial charge is 0.161 e. The predicted molar refractivity (Wildman–Crippen MR) is 78.5 cm³/mol. The van der Waals surface area contributed by atoms with Crippen LogP contribution in [0.25, 0.3) is 0 Å². The van der Waals surface area contributed by atoms with Gasteiger partial charge in [-0.2, -0.15) is 0 Å². The number of ether oxygens (including phenoxy) is 2. The maximum absolute atomic E-state index is 11.2. The topological polar surface area (TPSA) is 38.8 Å². The molecule has 4 heteroatoms. The number of likely N-dealkylation sites (tertiary alicyclic amines) is 1. The zero-order valence-corrected chi connectivity index (χ0v) is 12.5. The van der Waals surface area contributed by atoms with Gasteiger partial charge in [0.05, 0.1) is 7.11 Å². The molecule has 1 fully saturated rings. The van der Waals surface area contributed by atoms with Crippen molar-refractivity contribution in [1.82, 2.24) is 4.90 Å². The fourth-order valence-electron chi connectivity index (χ4n) is 2.61. The third-order valence-corrected chi connectivity index (χ3v) is 3.56. The Labute approximate surface area is 120 Å². The van der Waals surface area contributed by atoms with Crippen LogP contribution in [0.2, 0.25) is 0 Å². The van der Waals surface area contributed by atoms with E-state index >= 15 is 0 Å². The quantitative estimate of drug-likeness (QED) is 0.828. The zero-order chi connectivity index (χ0) is 14.5. The highest BCUT2D eigenvalue weighted by Gasteiger charge is 2.20. The molecule has 110 valence electrons. The van der Waals surface area contributed by atoms with E-state index in [-0.39, 0.29) is 11.9 Å². The first kappa shape index (κ1) is 14.9. The maximum atomic E-state index is 11.2. The molecule has 0 amide bonds. The van der Waals surface area contributed by atoms with Crippen LogP contribution < -0.4 is 9.47 Å². The fraction of sp³-hybridized carbons (Fsp3) is 0.562. The molecule has 0 spiro atoms. The first-order chi connectivity index (χ1) is 9.58. The van der Waals surface area contributed by atoms with Crippen LogP contribution in [0.3, 0.4) is 0 Å². The number of rotatable bonds is 5. The fourth-order valence-corrected chi connectivity index (χ4v) is 2.61. The predicted octanol–water partition coefficient (Wildman–Crippen LogP) is 2.30. The number of piperidine rings is 1. The molecule has 1 heterocycles. The van der Waals surface area contributed by atoms with E-state index in [1.54, 1.807) is 14.0 Å². The van der Waals surface area contributed by atoms with Crippen LogP contribution in [0.15, 0.2) is 18.2 Å². The van der Waals surface area contributed by atoms with Gasteiger partial charge < -0.3 is 14.4 Å². The minimum Gasteiger partial charge on any atom is -0.493 e. The molecule has 0 N–H and O–H groups in total. The van der Waals surface area contributed by atoms with Crippen LogP contribution >= 0.6 is 0 Å². The van der Waals surface area contributed by atoms with Crippen molar-refractivity contribution < 1.29 is 14.3 Å². The summed E-state index contributed by atoms with van der Waals surface area (Å²) in [6.45, 7) is 3.66. The normalized spacial score (nSPS) is 19.6. The van der Waals surface area contributed by atoms with Gasteiger partial charge in [-0.25, -0.2) is 0 Å². The molecular weight excluding hydrogens is 254 g/mol. The highest BCUT2D eigenvalue weighted by Crippen LogP contribution is 2.30. The Morgan fingerprint density at radius 2 is 2.20 bits per heavy atom. The Morgan fingerprint density at radius 3 is 2.85 bits per heavy atom. The third kappa shape index (κ3) is 3.97. The summed E-state index contributed by atoms with van der Waals surface area (Å²) in [5, 5.41) is 0. The molecule has 2 rings (SSSR count). The molecule has 0 saturated carbocycles. The van der Waals surface area contributed by atoms with E-state index in [1.807, 2.05) is 18.2 Å². The molecule has 1 aliphatic heterocycles. The second kappa shape index (κ2) is 6.75. The Bertz CT molecular complexity index is 473. The van der Waals surface area contributed by atoms with Crippen molar-refractivity contribution in [3.8, 4) is 11.5 Å². The van der Waals surface area contributed by atoms with Gasteiger partial charge in [0.2, 0.25) is 0 Å². The molecule has 1 aromatic carbocycles. The van der Waals surface area contributed by atoms with Crippen molar-refractivity contribution >= 4 is 5.78 Å². The van der Waals surface area contributed by atoms with Crippen LogP contribution in [0.4, 0.5) is 0 Å². The molecule has 1 saturated heterocycles. The summed E-state index contributed by atoms with van der Waals surface area (Å²) < 4.78 is 11.4. The van der Waals surface area contributed by atoms with Gasteiger partial charge in [0.1, 0.15) is 11.9 Å². The number of hydrogen-bond acceptors (Lipinski definition) is 4. The molecule has 1 aromatic rings. The van der Waals surface area contributed by atoms with Gasteiger partial charge >= 0.3 is 0 Å². The molecule has 0 aliphatic carbocycles. The Kier molecular flexibility index (Phi) is 5.01. The molecule has 1 aliphatic rings. The molecule has 1 atom stereocenters. The highest BCUT2D eigenvalue weighted by molar-refractivity contribution is 5.78. The number of likely N-dealkylation sites (N-methyl/N-ethyl adjacent to an activating group) is 1. The molecule has 0 bridgehead atoms. The SMILES string of the molecule is COc1ccc(CC(C)=O)cc1OC1CCCN(C)C1. The molecule has 4 nitrogen and oxygen atoms in total. The highest BCUT2D eigenvalue weighted by atomic mass is 16.5. The van der Waals surface area contributed by atoms with E-state index in [9.17, 15) is 4.79 Å². The standard InChI is InChI=1S/C16H23NO3/c1-12(18)9-13-6-7-15(19-3)16(10-13)20-14-5-4-8-17(2)11-14/h6-7,10,14H,4-5,8-9,11H2,1-3H3. The number of carbonyl (C=O) groups excluding carboxylic acids is 1. The average Bonchev–Trinajstić information content (AvgIpc) is 2.38. The number of nitrogens with zero attached hydrogens (tertiary/aromatic N) is 1. The summed E-state index contributed by atoms with van der Waals surface area (Å²) in [6, 6.07) is 5.72. The van der Waals surface area contributed by atoms with Crippen molar-refractivity contribution in [1.29, 1.82) is 0 Å². The Morgan fingerprint density at radius 1 is 1.40 bits per heavy atom. The summed E-state index contributed by atoms with van der Waals surface area (Å²) in [5.74, 6) is 1.62. The number of methoxy groups -OCH3 is 1. The summed E-state index contributed by atoms with van der Waals surface area (Å²) in [5.41, 5.74) is 0.970. The van der Waals surface area contributed by atoms with E-state index in [2.05, 4.69) is 11.9 Å². The van der Waals surface area contributed by atoms with Gasteiger partial charge in [-0.3, -0.25) is 4.79 Å². The lowest BCUT2D eigenvalue weighted by Gasteiger charge is -2.30. The van der Waals surface area contributed by atoms with E-state index in [1.165, 1.54) is 0 Å². The molecule has 0 aromatic heterocycles. The molecular formula is C16H23NO3. The van der Waals surface area contributed by atoms with Crippen molar-refractivity contribution in [3.05, 3.63) is 23.8 Å². The van der Waals surface area contributed by atoms with Gasteiger partial charge in [0.15, 0.2) is 11.5 Å². The Hall–Kier alpha value is -1.55. The minimum atomic E-state index is 0.151. The van der Waals surface area contributed by atoms with Crippen LogP contribution in [-0.2, 0) is 11.2 Å². The largest absolute Gasteiger partial charge is 0.493 e. The first-order valence-electron chi connectivity index (χ1n) is 7.10. The van der Waals surface area contributed by atoms with Crippen molar-refractivity contribution in [2.24, 2.45) is 0 Å². The Balaban J connectivity index is 2.13. The number of benzene rings is 1. The monoisotopic (exact) mass is 277 g/mol. The van der Waals surface area contributed by atoms with E-state index in [4.69, 9.17) is 9.47 Å². The lowest BCUT2D eigenvalue weighted by atomic mass is 10.1. The van der Waals surface area contributed by atoms with Crippen LogP contribution in [-0.4, -0.2) is 44.0 Å². The second-order valence-corrected chi connectivity index (χ2v) is 5.51. The first-order valence-corrected chi connectivity index (χ1v) is 7.10. The van der Waals surface area contributed by atoms with Crippen molar-refractivity contribution in [2.75, 3.05) is 27.2 Å². The lowest BCUT2D eigenvalue weighted by molar-refractivity contribution is -0.116. The van der Waals surface area contributed by atoms with Crippen molar-refractivity contribution in [3.63, 3.8) is 0 Å². The van der Waals surface area contributed by atoms with Crippen molar-refractivity contribution in [2.45, 2.75) is 32.3 Å². The van der Waals surface area contributed by atoms with E-state index in [0.29, 0.717) is 6.42 Å². The van der Waals surface area contributed by atoms with Gasteiger partial charge in [-0.05, 0) is 51.1 Å². The van der Waals surface area contributed by atoms with E-state index in [0.717, 1.165) is 43.0 Å². The maximum Gasteiger partial charge on any atom is 0.161 e. The minimum absolute atomic E-state index is 0.151. The lowest BCUT2D eigenvalue weighted by Crippen LogP contribution is -2.38. The van der Waals surface area contributed by atoms with Gasteiger partial charge in [0.25, 0.3) is 0 Å². The molecule has 1 unspecified atom stereocenters. The second-order valence-electron chi connectivity index (χ2n) is 5.51. The number of carbonyl (C=O) groups is 1. The molecule has 20 heavy (non-hydrogen) atoms. The average molecular weight is 277 g/mol. The summed E-state index contributed by atoms with van der Waals surface area (Å²) in [7, 11) is 3.75. The number of ketones is 1. The van der Waals surface area contributed by atoms with E-state index < -0.39 is 0 Å². The van der Waals surface area contributed by atoms with Gasteiger partial charge in [-0.15, -0.1) is 0 Å². The van der Waals surface area contributed by atoms with Crippen LogP contribution in [0, 0.1) is 0 Å². The summed E-state index contributed by atoms with van der Waals surface area (Å²) in [4.78, 5) is 13.5. The van der Waals surface area contributed by atoms with Gasteiger partial charge in [-0.1, -0.05) is 6.07 Å². The zero-order valence-electron chi connectivity index (χ0n) is 12.5. The number of hydrogen-bond donors (Lipinski definition) is 0. The summed E-state index contributed by atoms with van der Waals surface area (Å²) in [6.07, 6.45) is 2.83. The number of Topliss-reactive ketones (excluding diaryl/α,β-unsaturated/α-hetero) is 1. The summed E-state index contributed by atoms with van der Waals surface area (Å²) >= 11 is 0. The van der Waals surface area contributed by atoms with Crippen LogP contribution in [0.1, 0.15) is 25.3 Å². The third-order valence-electron chi connectivity index (χ3n) is 3.56. The van der Waals surface area contributed by atoms with Gasteiger partial charge in [0, 0.05) is 13.0 Å².